The molecule has 0 unspecified atom stereocenters. The zero-order valence-corrected chi connectivity index (χ0v) is 14.0. The van der Waals surface area contributed by atoms with Crippen molar-refractivity contribution in [1.82, 2.24) is 4.90 Å². The number of halogens is 1. The van der Waals surface area contributed by atoms with Crippen LogP contribution in [0, 0.1) is 5.41 Å². The lowest BCUT2D eigenvalue weighted by Gasteiger charge is -2.41. The monoisotopic (exact) mass is 319 g/mol. The molecule has 0 bridgehead atoms. The normalized spacial score (nSPS) is 19.7. The highest BCUT2D eigenvalue weighted by atomic mass is 79.9. The maximum absolute atomic E-state index is 5.53. The lowest BCUT2D eigenvalue weighted by molar-refractivity contribution is 0.00267. The molecule has 1 aliphatic heterocycles. The third kappa shape index (κ3) is 5.18. The van der Waals surface area contributed by atoms with E-state index in [0.29, 0.717) is 11.5 Å². The predicted octanol–water partition coefficient (Wildman–Crippen LogP) is 4.08. The molecular formula is C15H30BrNO. The molecule has 108 valence electrons. The van der Waals surface area contributed by atoms with Crippen molar-refractivity contribution < 1.29 is 4.74 Å². The molecule has 0 spiro atoms. The zero-order valence-electron chi connectivity index (χ0n) is 12.4. The van der Waals surface area contributed by atoms with Crippen LogP contribution in [-0.2, 0) is 4.74 Å². The summed E-state index contributed by atoms with van der Waals surface area (Å²) in [7, 11) is 0. The standard InChI is InChI=1S/C15H30BrNO/c1-4-5-6-9-17(14(2)3)13-15(12-16)7-10-18-11-8-15/h14H,4-13H2,1-3H3. The maximum atomic E-state index is 5.53. The van der Waals surface area contributed by atoms with E-state index < -0.39 is 0 Å². The molecule has 0 aromatic carbocycles. The van der Waals surface area contributed by atoms with Crippen molar-refractivity contribution in [3.05, 3.63) is 0 Å². The Hall–Kier alpha value is 0.400. The SMILES string of the molecule is CCCCCN(CC1(CBr)CCOCC1)C(C)C. The lowest BCUT2D eigenvalue weighted by atomic mass is 9.81. The Kier molecular flexibility index (Phi) is 7.81. The predicted molar refractivity (Wildman–Crippen MR) is 82.5 cm³/mol. The fourth-order valence-electron chi connectivity index (χ4n) is 2.65. The van der Waals surface area contributed by atoms with Crippen LogP contribution in [0.25, 0.3) is 0 Å². The average molecular weight is 320 g/mol. The van der Waals surface area contributed by atoms with E-state index in [1.54, 1.807) is 0 Å². The van der Waals surface area contributed by atoms with Crippen LogP contribution in [-0.4, -0.2) is 42.6 Å². The number of hydrogen-bond donors (Lipinski definition) is 0. The second kappa shape index (κ2) is 8.55. The first-order chi connectivity index (χ1) is 8.63. The average Bonchev–Trinajstić information content (AvgIpc) is 2.39. The van der Waals surface area contributed by atoms with Gasteiger partial charge in [-0.05, 0) is 45.1 Å². The molecule has 0 aromatic heterocycles. The minimum Gasteiger partial charge on any atom is -0.381 e. The summed E-state index contributed by atoms with van der Waals surface area (Å²) in [6.07, 6.45) is 6.41. The molecule has 2 nitrogen and oxygen atoms in total. The summed E-state index contributed by atoms with van der Waals surface area (Å²) in [5.41, 5.74) is 0.439. The molecule has 0 amide bonds. The number of ether oxygens (including phenoxy) is 1. The number of hydrogen-bond acceptors (Lipinski definition) is 2. The quantitative estimate of drug-likeness (QED) is 0.493. The molecule has 0 aliphatic carbocycles. The van der Waals surface area contributed by atoms with E-state index in [2.05, 4.69) is 41.6 Å². The first kappa shape index (κ1) is 16.5. The summed E-state index contributed by atoms with van der Waals surface area (Å²) in [5.74, 6) is 0. The lowest BCUT2D eigenvalue weighted by Crippen LogP contribution is -2.45. The molecule has 0 saturated carbocycles. The van der Waals surface area contributed by atoms with Crippen LogP contribution in [0.1, 0.15) is 52.9 Å². The van der Waals surface area contributed by atoms with Gasteiger partial charge in [-0.15, -0.1) is 0 Å². The van der Waals surface area contributed by atoms with Crippen LogP contribution in [0.15, 0.2) is 0 Å². The van der Waals surface area contributed by atoms with E-state index in [1.165, 1.54) is 45.2 Å². The van der Waals surface area contributed by atoms with Crippen molar-refractivity contribution >= 4 is 15.9 Å². The van der Waals surface area contributed by atoms with Gasteiger partial charge in [-0.25, -0.2) is 0 Å². The summed E-state index contributed by atoms with van der Waals surface area (Å²) >= 11 is 3.75. The van der Waals surface area contributed by atoms with E-state index >= 15 is 0 Å². The third-order valence-electron chi connectivity index (χ3n) is 4.15. The van der Waals surface area contributed by atoms with Gasteiger partial charge in [0.25, 0.3) is 0 Å². The summed E-state index contributed by atoms with van der Waals surface area (Å²) in [6, 6.07) is 0.653. The van der Waals surface area contributed by atoms with Crippen molar-refractivity contribution in [3.63, 3.8) is 0 Å². The molecule has 0 radical (unpaired) electrons. The third-order valence-corrected chi connectivity index (χ3v) is 5.34. The summed E-state index contributed by atoms with van der Waals surface area (Å²) in [4.78, 5) is 2.67. The Morgan fingerprint density at radius 3 is 2.39 bits per heavy atom. The first-order valence-electron chi connectivity index (χ1n) is 7.51. The maximum Gasteiger partial charge on any atom is 0.0472 e. The Balaban J connectivity index is 2.51. The number of unbranched alkanes of at least 4 members (excludes halogenated alkanes) is 2. The van der Waals surface area contributed by atoms with E-state index in [-0.39, 0.29) is 0 Å². The van der Waals surface area contributed by atoms with E-state index in [4.69, 9.17) is 4.74 Å². The van der Waals surface area contributed by atoms with E-state index in [0.717, 1.165) is 18.5 Å². The highest BCUT2D eigenvalue weighted by molar-refractivity contribution is 9.09. The Bertz CT molecular complexity index is 215. The van der Waals surface area contributed by atoms with Gasteiger partial charge in [0.05, 0.1) is 0 Å². The largest absolute Gasteiger partial charge is 0.381 e. The van der Waals surface area contributed by atoms with E-state index in [9.17, 15) is 0 Å². The molecule has 3 heteroatoms. The molecule has 1 saturated heterocycles. The van der Waals surface area contributed by atoms with Crippen molar-refractivity contribution in [2.75, 3.05) is 31.6 Å². The van der Waals surface area contributed by atoms with Crippen LogP contribution in [0.4, 0.5) is 0 Å². The number of nitrogens with zero attached hydrogens (tertiary/aromatic N) is 1. The van der Waals surface area contributed by atoms with Gasteiger partial charge in [-0.1, -0.05) is 35.7 Å². The molecule has 1 aliphatic rings. The molecule has 1 fully saturated rings. The smallest absolute Gasteiger partial charge is 0.0472 e. The van der Waals surface area contributed by atoms with Crippen LogP contribution in [0.3, 0.4) is 0 Å². The van der Waals surface area contributed by atoms with Crippen LogP contribution in [0.5, 0.6) is 0 Å². The zero-order chi connectivity index (χ0) is 13.4. The highest BCUT2D eigenvalue weighted by Crippen LogP contribution is 2.34. The minimum absolute atomic E-state index is 0.439. The van der Waals surface area contributed by atoms with Crippen LogP contribution in [0.2, 0.25) is 0 Å². The van der Waals surface area contributed by atoms with Gasteiger partial charge in [-0.3, -0.25) is 0 Å². The summed E-state index contributed by atoms with van der Waals surface area (Å²) in [5, 5.41) is 1.11. The summed E-state index contributed by atoms with van der Waals surface area (Å²) < 4.78 is 5.53. The topological polar surface area (TPSA) is 12.5 Å². The molecular weight excluding hydrogens is 290 g/mol. The Labute approximate surface area is 122 Å². The number of alkyl halides is 1. The summed E-state index contributed by atoms with van der Waals surface area (Å²) in [6.45, 7) is 11.3. The van der Waals surface area contributed by atoms with Crippen LogP contribution < -0.4 is 0 Å². The molecule has 18 heavy (non-hydrogen) atoms. The van der Waals surface area contributed by atoms with Gasteiger partial charge >= 0.3 is 0 Å². The van der Waals surface area contributed by atoms with Crippen LogP contribution >= 0.6 is 15.9 Å². The second-order valence-electron chi connectivity index (χ2n) is 6.02. The molecule has 0 atom stereocenters. The molecule has 1 heterocycles. The first-order valence-corrected chi connectivity index (χ1v) is 8.63. The van der Waals surface area contributed by atoms with E-state index in [1.807, 2.05) is 0 Å². The molecule has 0 N–H and O–H groups in total. The Morgan fingerprint density at radius 1 is 1.22 bits per heavy atom. The molecule has 1 rings (SSSR count). The Morgan fingerprint density at radius 2 is 1.89 bits per heavy atom. The fraction of sp³-hybridized carbons (Fsp3) is 1.00. The van der Waals surface area contributed by atoms with Gasteiger partial charge in [-0.2, -0.15) is 0 Å². The number of rotatable bonds is 8. The van der Waals surface area contributed by atoms with Gasteiger partial charge in [0, 0.05) is 31.1 Å². The fourth-order valence-corrected chi connectivity index (χ4v) is 3.39. The van der Waals surface area contributed by atoms with Crippen molar-refractivity contribution in [1.29, 1.82) is 0 Å². The van der Waals surface area contributed by atoms with Gasteiger partial charge in [0.15, 0.2) is 0 Å². The van der Waals surface area contributed by atoms with Gasteiger partial charge < -0.3 is 9.64 Å². The van der Waals surface area contributed by atoms with Gasteiger partial charge in [0.1, 0.15) is 0 Å². The van der Waals surface area contributed by atoms with Crippen molar-refractivity contribution in [2.24, 2.45) is 5.41 Å². The second-order valence-corrected chi connectivity index (χ2v) is 6.58. The molecule has 0 aromatic rings. The van der Waals surface area contributed by atoms with Crippen molar-refractivity contribution in [2.45, 2.75) is 58.9 Å². The van der Waals surface area contributed by atoms with Crippen molar-refractivity contribution in [3.8, 4) is 0 Å². The highest BCUT2D eigenvalue weighted by Gasteiger charge is 2.33. The minimum atomic E-state index is 0.439. The van der Waals surface area contributed by atoms with Gasteiger partial charge in [0.2, 0.25) is 0 Å².